The Morgan fingerprint density at radius 2 is 1.71 bits per heavy atom. The molecule has 2 rings (SSSR count). The van der Waals surface area contributed by atoms with Crippen LogP contribution in [0.2, 0.25) is 0 Å². The average Bonchev–Trinajstić information content (AvgIpc) is 2.50. The fraction of sp³-hybridized carbons (Fsp3) is 0.333. The molecule has 3 N–H and O–H groups in total. The van der Waals surface area contributed by atoms with E-state index in [0.29, 0.717) is 12.3 Å². The number of hydrogen-bond acceptors (Lipinski definition) is 3. The molecule has 112 valence electrons. The van der Waals surface area contributed by atoms with Gasteiger partial charge in [-0.15, -0.1) is 0 Å². The highest BCUT2D eigenvalue weighted by molar-refractivity contribution is 5.66. The van der Waals surface area contributed by atoms with Crippen molar-refractivity contribution in [1.82, 2.24) is 0 Å². The van der Waals surface area contributed by atoms with Gasteiger partial charge in [-0.3, -0.25) is 0 Å². The molecule has 2 aromatic carbocycles. The standard InChI is InChI=1S/C18H24N2O/c1-3-5-6-14-7-9-15(10-8-14)20-16-11-12-17(19)18(13-16)21-4-2/h7-13,20H,3-6,19H2,1-2H3. The van der Waals surface area contributed by atoms with Crippen LogP contribution in [0.1, 0.15) is 32.3 Å². The van der Waals surface area contributed by atoms with Gasteiger partial charge in [0.05, 0.1) is 12.3 Å². The topological polar surface area (TPSA) is 47.3 Å². The molecule has 3 nitrogen and oxygen atoms in total. The van der Waals surface area contributed by atoms with Crippen LogP contribution in [-0.4, -0.2) is 6.61 Å². The molecule has 0 spiro atoms. The van der Waals surface area contributed by atoms with Crippen LogP contribution in [0.15, 0.2) is 42.5 Å². The Bertz CT molecular complexity index is 564. The number of benzene rings is 2. The van der Waals surface area contributed by atoms with E-state index in [-0.39, 0.29) is 0 Å². The fourth-order valence-electron chi connectivity index (χ4n) is 2.19. The van der Waals surface area contributed by atoms with Crippen molar-refractivity contribution in [3.63, 3.8) is 0 Å². The molecule has 0 atom stereocenters. The Morgan fingerprint density at radius 3 is 2.38 bits per heavy atom. The lowest BCUT2D eigenvalue weighted by atomic mass is 10.1. The van der Waals surface area contributed by atoms with Crippen molar-refractivity contribution in [2.45, 2.75) is 33.1 Å². The zero-order chi connectivity index (χ0) is 15.1. The zero-order valence-electron chi connectivity index (χ0n) is 12.9. The molecule has 0 saturated carbocycles. The van der Waals surface area contributed by atoms with E-state index in [1.807, 2.05) is 25.1 Å². The molecule has 0 aliphatic carbocycles. The molecule has 0 radical (unpaired) electrons. The molecule has 0 aliphatic heterocycles. The number of unbranched alkanes of at least 4 members (excludes halogenated alkanes) is 1. The first-order chi connectivity index (χ1) is 10.2. The van der Waals surface area contributed by atoms with Gasteiger partial charge in [-0.1, -0.05) is 25.5 Å². The van der Waals surface area contributed by atoms with E-state index in [4.69, 9.17) is 10.5 Å². The molecule has 0 aromatic heterocycles. The molecule has 3 heteroatoms. The lowest BCUT2D eigenvalue weighted by molar-refractivity contribution is 0.342. The summed E-state index contributed by atoms with van der Waals surface area (Å²) >= 11 is 0. The Kier molecular flexibility index (Phi) is 5.50. The summed E-state index contributed by atoms with van der Waals surface area (Å²) in [7, 11) is 0. The molecule has 0 heterocycles. The van der Waals surface area contributed by atoms with Crippen LogP contribution in [0.4, 0.5) is 17.1 Å². The minimum absolute atomic E-state index is 0.611. The molecular weight excluding hydrogens is 260 g/mol. The first-order valence-electron chi connectivity index (χ1n) is 7.61. The number of anilines is 3. The van der Waals surface area contributed by atoms with Crippen molar-refractivity contribution >= 4 is 17.1 Å². The molecular formula is C18H24N2O. The van der Waals surface area contributed by atoms with E-state index < -0.39 is 0 Å². The average molecular weight is 284 g/mol. The molecule has 0 unspecified atom stereocenters. The Balaban J connectivity index is 2.05. The molecule has 0 bridgehead atoms. The van der Waals surface area contributed by atoms with Crippen LogP contribution in [0.3, 0.4) is 0 Å². The first kappa shape index (κ1) is 15.2. The van der Waals surface area contributed by atoms with E-state index in [1.54, 1.807) is 0 Å². The number of nitrogens with one attached hydrogen (secondary N) is 1. The van der Waals surface area contributed by atoms with Crippen molar-refractivity contribution in [1.29, 1.82) is 0 Å². The second-order valence-electron chi connectivity index (χ2n) is 5.11. The van der Waals surface area contributed by atoms with Crippen LogP contribution >= 0.6 is 0 Å². The van der Waals surface area contributed by atoms with Crippen molar-refractivity contribution < 1.29 is 4.74 Å². The zero-order valence-corrected chi connectivity index (χ0v) is 12.9. The highest BCUT2D eigenvalue weighted by atomic mass is 16.5. The molecule has 0 saturated heterocycles. The van der Waals surface area contributed by atoms with Crippen LogP contribution in [0.5, 0.6) is 5.75 Å². The van der Waals surface area contributed by atoms with Crippen molar-refractivity contribution in [3.8, 4) is 5.75 Å². The maximum Gasteiger partial charge on any atom is 0.144 e. The Hall–Kier alpha value is -2.16. The fourth-order valence-corrected chi connectivity index (χ4v) is 2.19. The summed E-state index contributed by atoms with van der Waals surface area (Å²) in [5.41, 5.74) is 9.98. The third-order valence-electron chi connectivity index (χ3n) is 3.38. The summed E-state index contributed by atoms with van der Waals surface area (Å²) in [5, 5.41) is 3.38. The Labute approximate surface area is 127 Å². The monoisotopic (exact) mass is 284 g/mol. The van der Waals surface area contributed by atoms with Gasteiger partial charge in [0.1, 0.15) is 5.75 Å². The Morgan fingerprint density at radius 1 is 1.00 bits per heavy atom. The normalized spacial score (nSPS) is 10.4. The number of hydrogen-bond donors (Lipinski definition) is 2. The molecule has 0 amide bonds. The van der Waals surface area contributed by atoms with E-state index >= 15 is 0 Å². The number of ether oxygens (including phenoxy) is 1. The quantitative estimate of drug-likeness (QED) is 0.721. The smallest absolute Gasteiger partial charge is 0.144 e. The summed E-state index contributed by atoms with van der Waals surface area (Å²) in [6.45, 7) is 4.78. The summed E-state index contributed by atoms with van der Waals surface area (Å²) in [6.07, 6.45) is 3.61. The maximum absolute atomic E-state index is 5.88. The largest absolute Gasteiger partial charge is 0.492 e. The second-order valence-corrected chi connectivity index (χ2v) is 5.11. The van der Waals surface area contributed by atoms with Crippen molar-refractivity contribution in [2.75, 3.05) is 17.7 Å². The lowest BCUT2D eigenvalue weighted by Gasteiger charge is -2.11. The van der Waals surface area contributed by atoms with Gasteiger partial charge < -0.3 is 15.8 Å². The van der Waals surface area contributed by atoms with Crippen LogP contribution in [0.25, 0.3) is 0 Å². The van der Waals surface area contributed by atoms with E-state index in [9.17, 15) is 0 Å². The second kappa shape index (κ2) is 7.58. The van der Waals surface area contributed by atoms with Crippen molar-refractivity contribution in [2.24, 2.45) is 0 Å². The predicted octanol–water partition coefficient (Wildman–Crippen LogP) is 4.75. The van der Waals surface area contributed by atoms with Crippen molar-refractivity contribution in [3.05, 3.63) is 48.0 Å². The third kappa shape index (κ3) is 4.42. The van der Waals surface area contributed by atoms with Gasteiger partial charge in [-0.25, -0.2) is 0 Å². The van der Waals surface area contributed by atoms with Gasteiger partial charge >= 0.3 is 0 Å². The van der Waals surface area contributed by atoms with Gasteiger partial charge in [0.15, 0.2) is 0 Å². The van der Waals surface area contributed by atoms with Gasteiger partial charge in [-0.05, 0) is 49.6 Å². The molecule has 2 aromatic rings. The minimum Gasteiger partial charge on any atom is -0.492 e. The van der Waals surface area contributed by atoms with Gasteiger partial charge in [0, 0.05) is 17.4 Å². The first-order valence-corrected chi connectivity index (χ1v) is 7.61. The number of rotatable bonds is 7. The summed E-state index contributed by atoms with van der Waals surface area (Å²) < 4.78 is 5.51. The number of nitrogens with two attached hydrogens (primary N) is 1. The van der Waals surface area contributed by atoms with Crippen LogP contribution in [0, 0.1) is 0 Å². The van der Waals surface area contributed by atoms with E-state index in [0.717, 1.165) is 23.5 Å². The van der Waals surface area contributed by atoms with Crippen LogP contribution < -0.4 is 15.8 Å². The third-order valence-corrected chi connectivity index (χ3v) is 3.38. The van der Waals surface area contributed by atoms with Gasteiger partial charge in [0.2, 0.25) is 0 Å². The van der Waals surface area contributed by atoms with Crippen LogP contribution in [-0.2, 0) is 6.42 Å². The number of aryl methyl sites for hydroxylation is 1. The highest BCUT2D eigenvalue weighted by Crippen LogP contribution is 2.27. The number of nitrogen functional groups attached to an aromatic ring is 1. The maximum atomic E-state index is 5.88. The van der Waals surface area contributed by atoms with E-state index in [2.05, 4.69) is 36.5 Å². The summed E-state index contributed by atoms with van der Waals surface area (Å²) in [6, 6.07) is 14.3. The lowest BCUT2D eigenvalue weighted by Crippen LogP contribution is -1.98. The van der Waals surface area contributed by atoms with Gasteiger partial charge in [0.25, 0.3) is 0 Å². The van der Waals surface area contributed by atoms with Gasteiger partial charge in [-0.2, -0.15) is 0 Å². The molecule has 21 heavy (non-hydrogen) atoms. The summed E-state index contributed by atoms with van der Waals surface area (Å²) in [4.78, 5) is 0. The molecule has 0 aliphatic rings. The minimum atomic E-state index is 0.611. The SMILES string of the molecule is CCCCc1ccc(Nc2ccc(N)c(OCC)c2)cc1. The van der Waals surface area contributed by atoms with E-state index in [1.165, 1.54) is 18.4 Å². The predicted molar refractivity (Wildman–Crippen MR) is 90.4 cm³/mol. The molecule has 0 fully saturated rings. The summed E-state index contributed by atoms with van der Waals surface area (Å²) in [5.74, 6) is 0.724. The highest BCUT2D eigenvalue weighted by Gasteiger charge is 2.02.